The summed E-state index contributed by atoms with van der Waals surface area (Å²) in [7, 11) is 0. The average molecular weight is 322 g/mol. The highest BCUT2D eigenvalue weighted by Crippen LogP contribution is 2.23. The number of hydrogen-bond acceptors (Lipinski definition) is 3. The number of nitro benzene ring substituents is 1. The molecule has 0 radical (unpaired) electrons. The topological polar surface area (TPSA) is 60.2 Å². The number of benzene rings is 2. The van der Waals surface area contributed by atoms with Crippen LogP contribution in [0.15, 0.2) is 48.5 Å². The summed E-state index contributed by atoms with van der Waals surface area (Å²) in [4.78, 5) is 22.2. The molecule has 0 aliphatic heterocycles. The lowest BCUT2D eigenvalue weighted by atomic mass is 10.1. The van der Waals surface area contributed by atoms with Gasteiger partial charge in [0.05, 0.1) is 15.0 Å². The lowest BCUT2D eigenvalue weighted by Gasteiger charge is -1.99. The van der Waals surface area contributed by atoms with Crippen molar-refractivity contribution in [2.24, 2.45) is 0 Å². The van der Waals surface area contributed by atoms with Crippen molar-refractivity contribution in [2.45, 2.75) is 0 Å². The van der Waals surface area contributed by atoms with E-state index in [2.05, 4.69) is 0 Å². The van der Waals surface area contributed by atoms with Gasteiger partial charge in [-0.1, -0.05) is 41.4 Å². The normalized spacial score (nSPS) is 10.8. The van der Waals surface area contributed by atoms with E-state index in [4.69, 9.17) is 23.2 Å². The molecule has 0 aromatic heterocycles. The van der Waals surface area contributed by atoms with E-state index >= 15 is 0 Å². The summed E-state index contributed by atoms with van der Waals surface area (Å²) in [5.41, 5.74) is 0.933. The van der Waals surface area contributed by atoms with E-state index < -0.39 is 4.92 Å². The third kappa shape index (κ3) is 3.90. The van der Waals surface area contributed by atoms with Crippen LogP contribution in [0.3, 0.4) is 0 Å². The van der Waals surface area contributed by atoms with E-state index in [0.717, 1.165) is 0 Å². The Morgan fingerprint density at radius 2 is 1.86 bits per heavy atom. The van der Waals surface area contributed by atoms with Gasteiger partial charge in [0.25, 0.3) is 5.69 Å². The van der Waals surface area contributed by atoms with E-state index in [1.807, 2.05) is 0 Å². The highest BCUT2D eigenvalue weighted by atomic mass is 35.5. The molecule has 0 N–H and O–H groups in total. The van der Waals surface area contributed by atoms with Crippen LogP contribution in [-0.4, -0.2) is 10.7 Å². The lowest BCUT2D eigenvalue weighted by molar-refractivity contribution is -0.384. The van der Waals surface area contributed by atoms with Crippen LogP contribution in [-0.2, 0) is 0 Å². The van der Waals surface area contributed by atoms with Gasteiger partial charge in [-0.05, 0) is 29.8 Å². The Bertz CT molecular complexity index is 741. The third-order valence-corrected chi connectivity index (χ3v) is 3.45. The largest absolute Gasteiger partial charge is 0.289 e. The van der Waals surface area contributed by atoms with Crippen LogP contribution in [0.1, 0.15) is 15.9 Å². The van der Waals surface area contributed by atoms with E-state index in [9.17, 15) is 14.9 Å². The van der Waals surface area contributed by atoms with Crippen LogP contribution in [0.25, 0.3) is 6.08 Å². The number of nitro groups is 1. The predicted octanol–water partition coefficient (Wildman–Crippen LogP) is 4.80. The number of hydrogen-bond donors (Lipinski definition) is 0. The number of nitrogens with zero attached hydrogens (tertiary/aromatic N) is 1. The smallest absolute Gasteiger partial charge is 0.270 e. The number of carbonyl (C=O) groups excluding carboxylic acids is 1. The zero-order chi connectivity index (χ0) is 15.4. The molecule has 0 spiro atoms. The van der Waals surface area contributed by atoms with Crippen LogP contribution in [0.4, 0.5) is 5.69 Å². The molecule has 2 rings (SSSR count). The first-order chi connectivity index (χ1) is 9.97. The van der Waals surface area contributed by atoms with E-state index in [0.29, 0.717) is 21.2 Å². The van der Waals surface area contributed by atoms with Crippen molar-refractivity contribution in [1.29, 1.82) is 0 Å². The number of non-ortho nitro benzene ring substituents is 1. The minimum atomic E-state index is -0.488. The molecule has 6 heteroatoms. The first-order valence-electron chi connectivity index (χ1n) is 5.89. The highest BCUT2D eigenvalue weighted by molar-refractivity contribution is 6.42. The van der Waals surface area contributed by atoms with Crippen molar-refractivity contribution in [2.75, 3.05) is 0 Å². The van der Waals surface area contributed by atoms with Crippen LogP contribution < -0.4 is 0 Å². The van der Waals surface area contributed by atoms with Crippen LogP contribution >= 0.6 is 23.2 Å². The minimum absolute atomic E-state index is 0.0286. The number of allylic oxidation sites excluding steroid dienone is 1. The van der Waals surface area contributed by atoms with E-state index in [-0.39, 0.29) is 11.5 Å². The van der Waals surface area contributed by atoms with Crippen molar-refractivity contribution >= 4 is 40.7 Å². The first-order valence-corrected chi connectivity index (χ1v) is 6.65. The Hall–Kier alpha value is -2.17. The molecule has 0 saturated carbocycles. The molecule has 4 nitrogen and oxygen atoms in total. The Morgan fingerprint density at radius 1 is 1.10 bits per heavy atom. The molecule has 0 heterocycles. The molecule has 21 heavy (non-hydrogen) atoms. The summed E-state index contributed by atoms with van der Waals surface area (Å²) >= 11 is 11.6. The Balaban J connectivity index is 2.20. The molecule has 0 atom stereocenters. The number of ketones is 1. The predicted molar refractivity (Wildman–Crippen MR) is 82.9 cm³/mol. The summed E-state index contributed by atoms with van der Waals surface area (Å²) in [6, 6.07) is 10.6. The SMILES string of the molecule is O=C(C=Cc1cccc([N+](=O)[O-])c1)c1ccc(Cl)c(Cl)c1. The Labute approximate surface area is 130 Å². The van der Waals surface area contributed by atoms with Crippen molar-refractivity contribution in [3.8, 4) is 0 Å². The molecule has 2 aromatic carbocycles. The van der Waals surface area contributed by atoms with Gasteiger partial charge in [0, 0.05) is 17.7 Å². The van der Waals surface area contributed by atoms with Gasteiger partial charge in [-0.25, -0.2) is 0 Å². The van der Waals surface area contributed by atoms with Gasteiger partial charge < -0.3 is 0 Å². The van der Waals surface area contributed by atoms with Crippen molar-refractivity contribution in [1.82, 2.24) is 0 Å². The monoisotopic (exact) mass is 321 g/mol. The lowest BCUT2D eigenvalue weighted by Crippen LogP contribution is -1.94. The molecule has 2 aromatic rings. The molecule has 0 bridgehead atoms. The van der Waals surface area contributed by atoms with Crippen LogP contribution in [0.5, 0.6) is 0 Å². The second-order valence-corrected chi connectivity index (χ2v) is 4.99. The fourth-order valence-corrected chi connectivity index (χ4v) is 1.96. The summed E-state index contributed by atoms with van der Waals surface area (Å²) < 4.78 is 0. The summed E-state index contributed by atoms with van der Waals surface area (Å²) in [5, 5.41) is 11.3. The summed E-state index contributed by atoms with van der Waals surface area (Å²) in [5.74, 6) is -0.264. The van der Waals surface area contributed by atoms with Gasteiger partial charge in [-0.15, -0.1) is 0 Å². The Morgan fingerprint density at radius 3 is 2.52 bits per heavy atom. The highest BCUT2D eigenvalue weighted by Gasteiger charge is 2.06. The quantitative estimate of drug-likeness (QED) is 0.352. The van der Waals surface area contributed by atoms with Gasteiger partial charge in [0.1, 0.15) is 0 Å². The molecule has 0 unspecified atom stereocenters. The van der Waals surface area contributed by atoms with Crippen LogP contribution in [0.2, 0.25) is 10.0 Å². The van der Waals surface area contributed by atoms with E-state index in [1.54, 1.807) is 24.3 Å². The molecule has 0 amide bonds. The maximum absolute atomic E-state index is 12.0. The van der Waals surface area contributed by atoms with Gasteiger partial charge in [0.15, 0.2) is 5.78 Å². The fraction of sp³-hybridized carbons (Fsp3) is 0. The molecule has 0 fully saturated rings. The molecule has 0 aliphatic carbocycles. The molecular weight excluding hydrogens is 313 g/mol. The van der Waals surface area contributed by atoms with Crippen molar-refractivity contribution in [3.63, 3.8) is 0 Å². The fourth-order valence-electron chi connectivity index (χ4n) is 1.66. The molecule has 0 saturated heterocycles. The summed E-state index contributed by atoms with van der Waals surface area (Å²) in [6.45, 7) is 0. The van der Waals surface area contributed by atoms with Gasteiger partial charge in [0.2, 0.25) is 0 Å². The molecule has 106 valence electrons. The van der Waals surface area contributed by atoms with Gasteiger partial charge in [-0.2, -0.15) is 0 Å². The standard InChI is InChI=1S/C15H9Cl2NO3/c16-13-6-5-11(9-14(13)17)15(19)7-4-10-2-1-3-12(8-10)18(20)21/h1-9H. The second kappa shape index (κ2) is 6.52. The van der Waals surface area contributed by atoms with Crippen molar-refractivity contribution in [3.05, 3.63) is 79.8 Å². The van der Waals surface area contributed by atoms with Gasteiger partial charge >= 0.3 is 0 Å². The first kappa shape index (κ1) is 15.2. The number of carbonyl (C=O) groups is 1. The second-order valence-electron chi connectivity index (χ2n) is 4.18. The summed E-state index contributed by atoms with van der Waals surface area (Å²) in [6.07, 6.45) is 2.84. The van der Waals surface area contributed by atoms with Crippen molar-refractivity contribution < 1.29 is 9.72 Å². The molecule has 0 aliphatic rings. The van der Waals surface area contributed by atoms with Crippen LogP contribution in [0, 0.1) is 10.1 Å². The number of rotatable bonds is 4. The zero-order valence-electron chi connectivity index (χ0n) is 10.6. The van der Waals surface area contributed by atoms with E-state index in [1.165, 1.54) is 30.4 Å². The minimum Gasteiger partial charge on any atom is -0.289 e. The Kier molecular flexibility index (Phi) is 4.73. The van der Waals surface area contributed by atoms with Gasteiger partial charge in [-0.3, -0.25) is 14.9 Å². The zero-order valence-corrected chi connectivity index (χ0v) is 12.1. The third-order valence-electron chi connectivity index (χ3n) is 2.71. The average Bonchev–Trinajstić information content (AvgIpc) is 2.48. The maximum Gasteiger partial charge on any atom is 0.270 e. The number of halogens is 2. The maximum atomic E-state index is 12.0. The molecular formula is C15H9Cl2NO3.